The van der Waals surface area contributed by atoms with Crippen molar-refractivity contribution in [1.29, 1.82) is 0 Å². The number of benzene rings is 2. The predicted molar refractivity (Wildman–Crippen MR) is 219 cm³/mol. The molecule has 2 aliphatic rings. The average molecular weight is 794 g/mol. The molecule has 1 fully saturated rings. The number of ether oxygens (including phenoxy) is 2. The van der Waals surface area contributed by atoms with Crippen LogP contribution in [0.4, 0.5) is 5.69 Å². The second-order valence-corrected chi connectivity index (χ2v) is 14.8. The second-order valence-electron chi connectivity index (χ2n) is 14.8. The zero-order valence-corrected chi connectivity index (χ0v) is 33.7. The molecule has 2 aromatic heterocycles. The van der Waals surface area contributed by atoms with E-state index in [1.165, 1.54) is 0 Å². The summed E-state index contributed by atoms with van der Waals surface area (Å²) in [5, 5.41) is 9.85. The Morgan fingerprint density at radius 2 is 1.62 bits per heavy atom. The monoisotopic (exact) mass is 793 g/mol. The van der Waals surface area contributed by atoms with Crippen molar-refractivity contribution in [2.24, 2.45) is 7.05 Å². The maximum atomic E-state index is 13.3. The van der Waals surface area contributed by atoms with E-state index in [0.717, 1.165) is 65.5 Å². The third kappa shape index (κ3) is 8.74. The Morgan fingerprint density at radius 3 is 2.31 bits per heavy atom. The number of aromatic nitrogens is 2. The molecule has 2 aromatic carbocycles. The molecular formula is C43H51N7O8. The van der Waals surface area contributed by atoms with Gasteiger partial charge in [-0.25, -0.2) is 0 Å². The van der Waals surface area contributed by atoms with Gasteiger partial charge in [0, 0.05) is 62.4 Å². The van der Waals surface area contributed by atoms with Crippen molar-refractivity contribution in [2.75, 3.05) is 46.2 Å². The Hall–Kier alpha value is -6.09. The Kier molecular flexibility index (Phi) is 13.2. The number of pyridine rings is 2. The van der Waals surface area contributed by atoms with Crippen molar-refractivity contribution >= 4 is 46.0 Å². The minimum Gasteiger partial charge on any atom is -0.496 e. The van der Waals surface area contributed by atoms with Gasteiger partial charge in [0.05, 0.1) is 42.8 Å². The topological polar surface area (TPSA) is 181 Å². The largest absolute Gasteiger partial charge is 0.496 e. The molecule has 15 nitrogen and oxygen atoms in total. The van der Waals surface area contributed by atoms with Gasteiger partial charge in [0.1, 0.15) is 17.5 Å². The van der Waals surface area contributed by atoms with Gasteiger partial charge in [0.2, 0.25) is 17.7 Å². The number of imide groups is 2. The number of fused-ring (bicyclic) bond motifs is 2. The molecule has 5 amide bonds. The van der Waals surface area contributed by atoms with Gasteiger partial charge in [0.25, 0.3) is 17.4 Å². The highest BCUT2D eigenvalue weighted by atomic mass is 16.5. The Labute approximate surface area is 337 Å². The number of rotatable bonds is 18. The lowest BCUT2D eigenvalue weighted by Gasteiger charge is -2.28. The van der Waals surface area contributed by atoms with Crippen LogP contribution in [-0.4, -0.2) is 95.8 Å². The Morgan fingerprint density at radius 1 is 0.931 bits per heavy atom. The zero-order valence-electron chi connectivity index (χ0n) is 33.7. The molecule has 1 saturated heterocycles. The highest BCUT2D eigenvalue weighted by Crippen LogP contribution is 2.41. The maximum absolute atomic E-state index is 13.3. The van der Waals surface area contributed by atoms with Gasteiger partial charge in [-0.2, -0.15) is 0 Å². The second kappa shape index (κ2) is 18.4. The third-order valence-corrected chi connectivity index (χ3v) is 11.0. The number of carbonyl (C=O) groups is 5. The van der Waals surface area contributed by atoms with Crippen molar-refractivity contribution in [3.63, 3.8) is 0 Å². The van der Waals surface area contributed by atoms with Crippen LogP contribution < -0.4 is 31.0 Å². The molecule has 3 N–H and O–H groups in total. The fourth-order valence-electron chi connectivity index (χ4n) is 7.76. The van der Waals surface area contributed by atoms with E-state index in [1.807, 2.05) is 37.1 Å². The highest BCUT2D eigenvalue weighted by molar-refractivity contribution is 6.25. The lowest BCUT2D eigenvalue weighted by atomic mass is 9.96. The highest BCUT2D eigenvalue weighted by Gasteiger charge is 2.45. The quantitative estimate of drug-likeness (QED) is 0.0948. The first-order valence-corrected chi connectivity index (χ1v) is 19.7. The van der Waals surface area contributed by atoms with Crippen molar-refractivity contribution < 1.29 is 33.4 Å². The number of carbonyl (C=O) groups excluding carboxylic acids is 5. The number of nitrogens with zero attached hydrogens (tertiary/aromatic N) is 4. The number of methoxy groups -OCH3 is 2. The van der Waals surface area contributed by atoms with Crippen LogP contribution in [-0.2, 0) is 21.4 Å². The molecule has 2 aliphatic heterocycles. The molecule has 0 bridgehead atoms. The van der Waals surface area contributed by atoms with Crippen LogP contribution in [0.2, 0.25) is 0 Å². The summed E-state index contributed by atoms with van der Waals surface area (Å²) in [5.74, 6) is -0.946. The van der Waals surface area contributed by atoms with Crippen molar-refractivity contribution in [1.82, 2.24) is 30.0 Å². The number of anilines is 1. The van der Waals surface area contributed by atoms with Gasteiger partial charge in [-0.15, -0.1) is 0 Å². The lowest BCUT2D eigenvalue weighted by molar-refractivity contribution is -0.136. The fraction of sp³-hybridized carbons (Fsp3) is 0.419. The number of unbranched alkanes of at least 4 members (excludes halogenated alkanes) is 5. The number of likely N-dealkylation sites (N-methyl/N-ethyl adjacent to an activating group) is 1. The lowest BCUT2D eigenvalue weighted by Crippen LogP contribution is -2.54. The molecule has 15 heteroatoms. The SMILES string of the molecule is COc1cc(-c2cn(C)c(=O)c3cnccc23)cc(OC)c1C(C)N(C)CC(=O)NCCCCCCCCNc1cccc2c1C(=O)N(C1CCC(=O)NC1=O)C2=O. The average Bonchev–Trinajstić information content (AvgIpc) is 3.47. The molecule has 58 heavy (non-hydrogen) atoms. The van der Waals surface area contributed by atoms with Gasteiger partial charge in [-0.1, -0.05) is 31.7 Å². The number of piperidine rings is 1. The van der Waals surface area contributed by atoms with E-state index in [-0.39, 0.29) is 48.0 Å². The third-order valence-electron chi connectivity index (χ3n) is 11.0. The molecule has 4 aromatic rings. The summed E-state index contributed by atoms with van der Waals surface area (Å²) >= 11 is 0. The molecule has 4 heterocycles. The standard InChI is InChI=1S/C43H51N7O8/c1-26(38-34(57-4)21-27(22-35(38)58-5)31-24-49(3)41(54)30-23-44-20-17-28(30)31)48(2)25-37(52)46-19-11-9-7-6-8-10-18-45-32-14-12-13-29-39(32)43(56)50(42(29)55)33-15-16-36(51)47-40(33)53/h12-14,17,20-24,26,33,45H,6-11,15-16,18-19,25H2,1-5H3,(H,46,52)(H,47,51,53). The summed E-state index contributed by atoms with van der Waals surface area (Å²) < 4.78 is 13.3. The Balaban J connectivity index is 0.919. The molecule has 2 atom stereocenters. The van der Waals surface area contributed by atoms with Gasteiger partial charge in [-0.05, 0) is 74.5 Å². The van der Waals surface area contributed by atoms with Crippen LogP contribution in [0.5, 0.6) is 11.5 Å². The van der Waals surface area contributed by atoms with E-state index in [9.17, 15) is 28.8 Å². The van der Waals surface area contributed by atoms with E-state index in [2.05, 4.69) is 20.9 Å². The summed E-state index contributed by atoms with van der Waals surface area (Å²) in [4.78, 5) is 83.1. The van der Waals surface area contributed by atoms with E-state index in [0.29, 0.717) is 35.7 Å². The molecule has 0 aliphatic carbocycles. The van der Waals surface area contributed by atoms with E-state index >= 15 is 0 Å². The van der Waals surface area contributed by atoms with E-state index in [1.54, 1.807) is 62.6 Å². The molecule has 6 rings (SSSR count). The van der Waals surface area contributed by atoms with Crippen LogP contribution in [0.15, 0.2) is 59.8 Å². The van der Waals surface area contributed by atoms with Gasteiger partial charge < -0.3 is 24.7 Å². The van der Waals surface area contributed by atoms with Gasteiger partial charge in [-0.3, -0.25) is 48.9 Å². The smallest absolute Gasteiger partial charge is 0.264 e. The summed E-state index contributed by atoms with van der Waals surface area (Å²) in [7, 11) is 6.80. The summed E-state index contributed by atoms with van der Waals surface area (Å²) in [6.07, 6.45) is 10.9. The van der Waals surface area contributed by atoms with Crippen molar-refractivity contribution in [3.05, 3.63) is 82.0 Å². The first-order valence-electron chi connectivity index (χ1n) is 19.7. The van der Waals surface area contributed by atoms with Crippen LogP contribution in [0.1, 0.15) is 90.6 Å². The summed E-state index contributed by atoms with van der Waals surface area (Å²) in [6.45, 7) is 3.37. The number of hydrogen-bond acceptors (Lipinski definition) is 11. The molecular weight excluding hydrogens is 743 g/mol. The zero-order chi connectivity index (χ0) is 41.5. The van der Waals surface area contributed by atoms with Crippen LogP contribution in [0.3, 0.4) is 0 Å². The van der Waals surface area contributed by atoms with Gasteiger partial charge >= 0.3 is 0 Å². The number of nitrogens with one attached hydrogen (secondary N) is 3. The predicted octanol–water partition coefficient (Wildman–Crippen LogP) is 4.58. The normalized spacial score (nSPS) is 15.8. The van der Waals surface area contributed by atoms with E-state index < -0.39 is 29.7 Å². The maximum Gasteiger partial charge on any atom is 0.264 e. The number of aryl methyl sites for hydroxylation is 1. The van der Waals surface area contributed by atoms with Gasteiger partial charge in [0.15, 0.2) is 0 Å². The minimum absolute atomic E-state index is 0.0738. The van der Waals surface area contributed by atoms with Crippen molar-refractivity contribution in [2.45, 2.75) is 70.4 Å². The van der Waals surface area contributed by atoms with E-state index in [4.69, 9.17) is 9.47 Å². The summed E-state index contributed by atoms with van der Waals surface area (Å²) in [5.41, 5.74) is 3.42. The van der Waals surface area contributed by atoms with Crippen LogP contribution in [0.25, 0.3) is 21.9 Å². The number of hydrogen-bond donors (Lipinski definition) is 3. The van der Waals surface area contributed by atoms with Crippen LogP contribution >= 0.6 is 0 Å². The molecule has 306 valence electrons. The fourth-order valence-corrected chi connectivity index (χ4v) is 7.76. The summed E-state index contributed by atoms with van der Waals surface area (Å²) in [6, 6.07) is 9.52. The molecule has 0 saturated carbocycles. The molecule has 0 spiro atoms. The molecule has 0 radical (unpaired) electrons. The number of amides is 5. The first-order chi connectivity index (χ1) is 27.9. The Bertz CT molecular complexity index is 2260. The first kappa shape index (κ1) is 41.5. The molecule has 2 unspecified atom stereocenters. The minimum atomic E-state index is -0.998. The van der Waals surface area contributed by atoms with Crippen molar-refractivity contribution in [3.8, 4) is 22.6 Å². The van der Waals surface area contributed by atoms with Crippen LogP contribution in [0, 0.1) is 0 Å².